The van der Waals surface area contributed by atoms with Crippen LogP contribution < -0.4 is 20.1 Å². The molecular formula is C32H28N2O6. The van der Waals surface area contributed by atoms with Gasteiger partial charge in [0.05, 0.1) is 14.2 Å². The summed E-state index contributed by atoms with van der Waals surface area (Å²) in [5.74, 6) is 0.139. The molecule has 0 saturated heterocycles. The Morgan fingerprint density at radius 2 is 0.975 bits per heavy atom. The van der Waals surface area contributed by atoms with Crippen molar-refractivity contribution in [3.05, 3.63) is 108 Å². The highest BCUT2D eigenvalue weighted by molar-refractivity contribution is 6.02. The first-order valence-corrected chi connectivity index (χ1v) is 12.3. The molecule has 0 radical (unpaired) electrons. The Hall–Kier alpha value is -5.50. The van der Waals surface area contributed by atoms with E-state index in [9.17, 15) is 19.8 Å². The number of aromatic hydroxyl groups is 2. The van der Waals surface area contributed by atoms with Crippen LogP contribution in [0.5, 0.6) is 23.0 Å². The lowest BCUT2D eigenvalue weighted by Gasteiger charge is -2.07. The summed E-state index contributed by atoms with van der Waals surface area (Å²) in [6.07, 6.45) is 6.07. The van der Waals surface area contributed by atoms with E-state index < -0.39 is 0 Å². The average molecular weight is 537 g/mol. The zero-order valence-corrected chi connectivity index (χ0v) is 21.9. The molecule has 4 aromatic carbocycles. The van der Waals surface area contributed by atoms with Crippen LogP contribution in [-0.2, 0) is 9.59 Å². The van der Waals surface area contributed by atoms with E-state index >= 15 is 0 Å². The van der Waals surface area contributed by atoms with Crippen molar-refractivity contribution in [2.75, 3.05) is 24.9 Å². The highest BCUT2D eigenvalue weighted by Gasteiger charge is 2.05. The van der Waals surface area contributed by atoms with Gasteiger partial charge in [0.25, 0.3) is 0 Å². The third-order valence-electron chi connectivity index (χ3n) is 5.90. The lowest BCUT2D eigenvalue weighted by molar-refractivity contribution is -0.112. The topological polar surface area (TPSA) is 117 Å². The van der Waals surface area contributed by atoms with Gasteiger partial charge in [-0.05, 0) is 82.9 Å². The Morgan fingerprint density at radius 1 is 0.600 bits per heavy atom. The van der Waals surface area contributed by atoms with E-state index in [4.69, 9.17) is 9.47 Å². The minimum atomic E-state index is -0.293. The van der Waals surface area contributed by atoms with E-state index in [1.165, 1.54) is 38.5 Å². The van der Waals surface area contributed by atoms with Crippen LogP contribution in [0.25, 0.3) is 23.3 Å². The molecule has 8 heteroatoms. The minimum Gasteiger partial charge on any atom is -0.504 e. The average Bonchev–Trinajstić information content (AvgIpc) is 2.97. The van der Waals surface area contributed by atoms with Crippen LogP contribution >= 0.6 is 0 Å². The normalized spacial score (nSPS) is 10.9. The van der Waals surface area contributed by atoms with Crippen molar-refractivity contribution in [1.29, 1.82) is 0 Å². The van der Waals surface area contributed by atoms with Crippen molar-refractivity contribution in [2.24, 2.45) is 0 Å². The van der Waals surface area contributed by atoms with Crippen molar-refractivity contribution in [3.63, 3.8) is 0 Å². The Balaban J connectivity index is 1.32. The van der Waals surface area contributed by atoms with E-state index in [0.717, 1.165) is 11.1 Å². The molecule has 0 heterocycles. The van der Waals surface area contributed by atoms with Crippen LogP contribution in [0.1, 0.15) is 11.1 Å². The smallest absolute Gasteiger partial charge is 0.248 e. The fourth-order valence-corrected chi connectivity index (χ4v) is 3.80. The summed E-state index contributed by atoms with van der Waals surface area (Å²) in [5.41, 5.74) is 4.61. The number of hydrogen-bond donors (Lipinski definition) is 4. The van der Waals surface area contributed by atoms with Crippen molar-refractivity contribution in [2.45, 2.75) is 0 Å². The second-order valence-electron chi connectivity index (χ2n) is 8.66. The van der Waals surface area contributed by atoms with E-state index in [2.05, 4.69) is 10.6 Å². The van der Waals surface area contributed by atoms with Crippen LogP contribution in [0.15, 0.2) is 97.1 Å². The van der Waals surface area contributed by atoms with Crippen molar-refractivity contribution in [1.82, 2.24) is 0 Å². The molecule has 4 N–H and O–H groups in total. The third-order valence-corrected chi connectivity index (χ3v) is 5.90. The minimum absolute atomic E-state index is 0.0318. The van der Waals surface area contributed by atoms with Gasteiger partial charge in [-0.15, -0.1) is 0 Å². The molecular weight excluding hydrogens is 508 g/mol. The van der Waals surface area contributed by atoms with Gasteiger partial charge in [-0.3, -0.25) is 9.59 Å². The quantitative estimate of drug-likeness (QED) is 0.193. The summed E-state index contributed by atoms with van der Waals surface area (Å²) in [7, 11) is 2.92. The number of phenolic OH excluding ortho intramolecular Hbond substituents is 2. The predicted octanol–water partition coefficient (Wildman–Crippen LogP) is 6.09. The summed E-state index contributed by atoms with van der Waals surface area (Å²) in [5, 5.41) is 25.0. The zero-order valence-electron chi connectivity index (χ0n) is 21.9. The summed E-state index contributed by atoms with van der Waals surface area (Å²) < 4.78 is 10.2. The summed E-state index contributed by atoms with van der Waals surface area (Å²) in [4.78, 5) is 24.6. The first-order valence-electron chi connectivity index (χ1n) is 12.3. The lowest BCUT2D eigenvalue weighted by Crippen LogP contribution is -2.07. The van der Waals surface area contributed by atoms with Crippen LogP contribution in [0.2, 0.25) is 0 Å². The number of phenols is 2. The molecule has 0 unspecified atom stereocenters. The van der Waals surface area contributed by atoms with Gasteiger partial charge in [0.15, 0.2) is 23.0 Å². The number of carbonyl (C=O) groups is 2. The molecule has 0 atom stereocenters. The van der Waals surface area contributed by atoms with Crippen molar-refractivity contribution < 1.29 is 29.3 Å². The number of amides is 2. The number of rotatable bonds is 9. The predicted molar refractivity (Wildman–Crippen MR) is 157 cm³/mol. The molecule has 0 fully saturated rings. The summed E-state index contributed by atoms with van der Waals surface area (Å²) in [6.45, 7) is 0. The molecule has 4 aromatic rings. The first-order chi connectivity index (χ1) is 19.3. The molecule has 0 saturated carbocycles. The van der Waals surface area contributed by atoms with E-state index in [0.29, 0.717) is 34.0 Å². The monoisotopic (exact) mass is 536 g/mol. The van der Waals surface area contributed by atoms with Gasteiger partial charge >= 0.3 is 0 Å². The molecule has 0 spiro atoms. The van der Waals surface area contributed by atoms with Crippen LogP contribution in [0.3, 0.4) is 0 Å². The molecule has 0 aliphatic rings. The lowest BCUT2D eigenvalue weighted by atomic mass is 10.0. The second-order valence-corrected chi connectivity index (χ2v) is 8.66. The van der Waals surface area contributed by atoms with Crippen LogP contribution in [0.4, 0.5) is 11.4 Å². The molecule has 2 amide bonds. The van der Waals surface area contributed by atoms with Gasteiger partial charge in [0.1, 0.15) is 0 Å². The van der Waals surface area contributed by atoms with Gasteiger partial charge in [0.2, 0.25) is 11.8 Å². The van der Waals surface area contributed by atoms with Gasteiger partial charge in [0, 0.05) is 23.5 Å². The largest absolute Gasteiger partial charge is 0.504 e. The van der Waals surface area contributed by atoms with E-state index in [1.807, 2.05) is 48.5 Å². The van der Waals surface area contributed by atoms with E-state index in [-0.39, 0.29) is 23.3 Å². The molecule has 40 heavy (non-hydrogen) atoms. The Kier molecular flexibility index (Phi) is 8.84. The highest BCUT2D eigenvalue weighted by atomic mass is 16.5. The molecule has 0 aliphatic heterocycles. The SMILES string of the molecule is COc1cc(/C=C/C(=O)Nc2ccc(-c3ccc(NC(=O)/C=C/c4ccc(O)c(OC)c4)cc3)cc2)ccc1O. The number of hydrogen-bond acceptors (Lipinski definition) is 6. The Labute approximate surface area is 231 Å². The maximum absolute atomic E-state index is 12.3. The Bertz CT molecular complexity index is 1440. The van der Waals surface area contributed by atoms with Crippen molar-refractivity contribution in [3.8, 4) is 34.1 Å². The zero-order chi connectivity index (χ0) is 28.5. The maximum atomic E-state index is 12.3. The van der Waals surface area contributed by atoms with Crippen LogP contribution in [0, 0.1) is 0 Å². The number of nitrogens with one attached hydrogen (secondary N) is 2. The fraction of sp³-hybridized carbons (Fsp3) is 0.0625. The number of anilines is 2. The Morgan fingerprint density at radius 3 is 1.32 bits per heavy atom. The summed E-state index contributed by atoms with van der Waals surface area (Å²) in [6, 6.07) is 24.5. The van der Waals surface area contributed by atoms with Crippen LogP contribution in [-0.4, -0.2) is 36.2 Å². The van der Waals surface area contributed by atoms with Gasteiger partial charge in [-0.1, -0.05) is 36.4 Å². The molecule has 4 rings (SSSR count). The maximum Gasteiger partial charge on any atom is 0.248 e. The third kappa shape index (κ3) is 7.29. The fourth-order valence-electron chi connectivity index (χ4n) is 3.80. The molecule has 0 aromatic heterocycles. The molecule has 0 bridgehead atoms. The first kappa shape index (κ1) is 27.5. The summed E-state index contributed by atoms with van der Waals surface area (Å²) >= 11 is 0. The highest BCUT2D eigenvalue weighted by Crippen LogP contribution is 2.28. The second kappa shape index (κ2) is 12.8. The van der Waals surface area contributed by atoms with E-state index in [1.54, 1.807) is 36.4 Å². The number of methoxy groups -OCH3 is 2. The van der Waals surface area contributed by atoms with Gasteiger partial charge < -0.3 is 30.3 Å². The standard InChI is InChI=1S/C32H28N2O6/c1-39-29-19-21(3-15-27(29)35)5-17-31(37)33-25-11-7-23(8-12-25)24-9-13-26(14-10-24)34-32(38)18-6-22-4-16-28(36)30(20-22)40-2/h3-20,35-36H,1-2H3,(H,33,37)(H,34,38)/b17-5+,18-6+. The number of benzene rings is 4. The molecule has 202 valence electrons. The molecule has 8 nitrogen and oxygen atoms in total. The number of ether oxygens (including phenoxy) is 2. The van der Waals surface area contributed by atoms with Gasteiger partial charge in [-0.2, -0.15) is 0 Å². The van der Waals surface area contributed by atoms with Gasteiger partial charge in [-0.25, -0.2) is 0 Å². The van der Waals surface area contributed by atoms with Crippen molar-refractivity contribution >= 4 is 35.3 Å². The molecule has 0 aliphatic carbocycles. The number of carbonyl (C=O) groups excluding carboxylic acids is 2.